The maximum atomic E-state index is 11.7. The van der Waals surface area contributed by atoms with Gasteiger partial charge >= 0.3 is 0 Å². The van der Waals surface area contributed by atoms with Gasteiger partial charge in [-0.2, -0.15) is 5.10 Å². The molecule has 0 aliphatic heterocycles. The highest BCUT2D eigenvalue weighted by Crippen LogP contribution is 2.16. The lowest BCUT2D eigenvalue weighted by Crippen LogP contribution is -2.25. The number of carbonyl (C=O) groups is 1. The lowest BCUT2D eigenvalue weighted by Gasteiger charge is -2.07. The van der Waals surface area contributed by atoms with Crippen LogP contribution in [-0.2, 0) is 4.79 Å². The Kier molecular flexibility index (Phi) is 7.94. The van der Waals surface area contributed by atoms with Crippen molar-refractivity contribution in [1.82, 2.24) is 5.43 Å². The van der Waals surface area contributed by atoms with Gasteiger partial charge in [0.05, 0.1) is 7.11 Å². The van der Waals surface area contributed by atoms with Crippen molar-refractivity contribution in [2.24, 2.45) is 5.10 Å². The van der Waals surface area contributed by atoms with Gasteiger partial charge in [-0.15, -0.1) is 0 Å². The molecule has 0 unspecified atom stereocenters. The molecule has 0 saturated heterocycles. The van der Waals surface area contributed by atoms with Crippen LogP contribution in [0.15, 0.2) is 29.4 Å². The lowest BCUT2D eigenvalue weighted by atomic mass is 10.1. The number of hydrogen-bond donors (Lipinski definition) is 1. The summed E-state index contributed by atoms with van der Waals surface area (Å²) in [5, 5.41) is 4.16. The molecule has 1 amide bonds. The van der Waals surface area contributed by atoms with E-state index in [-0.39, 0.29) is 12.5 Å². The molecule has 21 heavy (non-hydrogen) atoms. The molecule has 5 nitrogen and oxygen atoms in total. The highest BCUT2D eigenvalue weighted by molar-refractivity contribution is 5.86. The molecule has 1 aromatic rings. The smallest absolute Gasteiger partial charge is 0.277 e. The molecular weight excluding hydrogens is 268 g/mol. The van der Waals surface area contributed by atoms with Crippen LogP contribution in [0.4, 0.5) is 0 Å². The number of rotatable bonds is 9. The molecule has 0 bridgehead atoms. The topological polar surface area (TPSA) is 59.9 Å². The fraction of sp³-hybridized carbons (Fsp3) is 0.500. The van der Waals surface area contributed by atoms with Crippen molar-refractivity contribution in [3.8, 4) is 11.5 Å². The van der Waals surface area contributed by atoms with E-state index in [1.807, 2.05) is 0 Å². The quantitative estimate of drug-likeness (QED) is 0.562. The molecule has 0 saturated carbocycles. The summed E-state index contributed by atoms with van der Waals surface area (Å²) < 4.78 is 10.4. The highest BCUT2D eigenvalue weighted by atomic mass is 16.5. The average molecular weight is 292 g/mol. The molecular formula is C16H24N2O3. The molecule has 1 N–H and O–H groups in total. The summed E-state index contributed by atoms with van der Waals surface area (Å²) in [6.45, 7) is 4.14. The van der Waals surface area contributed by atoms with Gasteiger partial charge in [0.1, 0.15) is 11.5 Å². The molecule has 0 aliphatic rings. The number of amides is 1. The number of benzene rings is 1. The Morgan fingerprint density at radius 1 is 1.10 bits per heavy atom. The fourth-order valence-corrected chi connectivity index (χ4v) is 1.81. The minimum absolute atomic E-state index is 0.0542. The van der Waals surface area contributed by atoms with Gasteiger partial charge in [-0.05, 0) is 37.1 Å². The van der Waals surface area contributed by atoms with Crippen LogP contribution in [0.25, 0.3) is 0 Å². The molecule has 1 rings (SSSR count). The van der Waals surface area contributed by atoms with Crippen molar-refractivity contribution >= 4 is 11.6 Å². The fourth-order valence-electron chi connectivity index (χ4n) is 1.81. The Hall–Kier alpha value is -2.04. The Morgan fingerprint density at radius 2 is 1.67 bits per heavy atom. The van der Waals surface area contributed by atoms with E-state index in [0.29, 0.717) is 5.75 Å². The SMILES string of the molecule is CCCC(CCC)=NNC(=O)COc1ccc(OC)cc1. The first kappa shape index (κ1) is 17.0. The molecule has 0 atom stereocenters. The number of hydrazone groups is 1. The van der Waals surface area contributed by atoms with Crippen molar-refractivity contribution in [3.63, 3.8) is 0 Å². The molecule has 0 aliphatic carbocycles. The van der Waals surface area contributed by atoms with Gasteiger partial charge < -0.3 is 9.47 Å². The summed E-state index contributed by atoms with van der Waals surface area (Å²) in [6, 6.07) is 7.09. The van der Waals surface area contributed by atoms with Gasteiger partial charge in [0, 0.05) is 5.71 Å². The van der Waals surface area contributed by atoms with Crippen molar-refractivity contribution in [2.45, 2.75) is 39.5 Å². The first-order valence-corrected chi connectivity index (χ1v) is 7.30. The highest BCUT2D eigenvalue weighted by Gasteiger charge is 2.03. The summed E-state index contributed by atoms with van der Waals surface area (Å²) in [7, 11) is 1.60. The van der Waals surface area contributed by atoms with Crippen LogP contribution in [0.3, 0.4) is 0 Å². The minimum atomic E-state index is -0.254. The first-order valence-electron chi connectivity index (χ1n) is 7.30. The predicted octanol–water partition coefficient (Wildman–Crippen LogP) is 3.15. The van der Waals surface area contributed by atoms with Crippen LogP contribution in [0.5, 0.6) is 11.5 Å². The number of carbonyl (C=O) groups excluding carboxylic acids is 1. The number of ether oxygens (including phenoxy) is 2. The van der Waals surface area contributed by atoms with E-state index in [4.69, 9.17) is 9.47 Å². The van der Waals surface area contributed by atoms with Crippen LogP contribution >= 0.6 is 0 Å². The Balaban J connectivity index is 2.40. The normalized spacial score (nSPS) is 9.86. The van der Waals surface area contributed by atoms with Crippen LogP contribution in [-0.4, -0.2) is 25.3 Å². The number of hydrogen-bond acceptors (Lipinski definition) is 4. The van der Waals surface area contributed by atoms with Gasteiger partial charge in [0.2, 0.25) is 0 Å². The van der Waals surface area contributed by atoms with Gasteiger partial charge in [0.25, 0.3) is 5.91 Å². The Morgan fingerprint density at radius 3 is 2.19 bits per heavy atom. The summed E-state index contributed by atoms with van der Waals surface area (Å²) in [6.07, 6.45) is 3.87. The maximum absolute atomic E-state index is 11.7. The zero-order valence-electron chi connectivity index (χ0n) is 13.0. The second-order valence-corrected chi connectivity index (χ2v) is 4.68. The maximum Gasteiger partial charge on any atom is 0.277 e. The summed E-state index contributed by atoms with van der Waals surface area (Å²) >= 11 is 0. The predicted molar refractivity (Wildman–Crippen MR) is 83.9 cm³/mol. The number of nitrogens with one attached hydrogen (secondary N) is 1. The van der Waals surface area contributed by atoms with Crippen molar-refractivity contribution in [3.05, 3.63) is 24.3 Å². The number of methoxy groups -OCH3 is 1. The molecule has 0 spiro atoms. The Bertz CT molecular complexity index is 447. The van der Waals surface area contributed by atoms with Gasteiger partial charge in [-0.3, -0.25) is 4.79 Å². The molecule has 116 valence electrons. The second kappa shape index (κ2) is 9.80. The molecule has 0 heterocycles. The van der Waals surface area contributed by atoms with Crippen molar-refractivity contribution < 1.29 is 14.3 Å². The Labute approximate surface area is 126 Å². The van der Waals surface area contributed by atoms with Gasteiger partial charge in [0.15, 0.2) is 6.61 Å². The van der Waals surface area contributed by atoms with E-state index in [0.717, 1.165) is 37.1 Å². The van der Waals surface area contributed by atoms with Crippen molar-refractivity contribution in [1.29, 1.82) is 0 Å². The van der Waals surface area contributed by atoms with Gasteiger partial charge in [-0.1, -0.05) is 26.7 Å². The van der Waals surface area contributed by atoms with Crippen LogP contribution in [0.1, 0.15) is 39.5 Å². The third-order valence-electron chi connectivity index (χ3n) is 2.85. The van der Waals surface area contributed by atoms with Gasteiger partial charge in [-0.25, -0.2) is 5.43 Å². The van der Waals surface area contributed by atoms with E-state index in [9.17, 15) is 4.79 Å². The summed E-state index contributed by atoms with van der Waals surface area (Å²) in [5.74, 6) is 1.12. The van der Waals surface area contributed by atoms with Crippen molar-refractivity contribution in [2.75, 3.05) is 13.7 Å². The first-order chi connectivity index (χ1) is 10.2. The van der Waals surface area contributed by atoms with E-state index < -0.39 is 0 Å². The molecule has 0 fully saturated rings. The molecule has 5 heteroatoms. The average Bonchev–Trinajstić information content (AvgIpc) is 2.51. The monoisotopic (exact) mass is 292 g/mol. The minimum Gasteiger partial charge on any atom is -0.497 e. The molecule has 0 aromatic heterocycles. The van der Waals surface area contributed by atoms with Crippen LogP contribution in [0.2, 0.25) is 0 Å². The lowest BCUT2D eigenvalue weighted by molar-refractivity contribution is -0.123. The van der Waals surface area contributed by atoms with E-state index >= 15 is 0 Å². The largest absolute Gasteiger partial charge is 0.497 e. The molecule has 1 aromatic carbocycles. The third-order valence-corrected chi connectivity index (χ3v) is 2.85. The van der Waals surface area contributed by atoms with E-state index in [1.54, 1.807) is 31.4 Å². The zero-order valence-corrected chi connectivity index (χ0v) is 13.0. The van der Waals surface area contributed by atoms with E-state index in [1.165, 1.54) is 0 Å². The zero-order chi connectivity index (χ0) is 15.5. The molecule has 0 radical (unpaired) electrons. The van der Waals surface area contributed by atoms with E-state index in [2.05, 4.69) is 24.4 Å². The van der Waals surface area contributed by atoms with Crippen LogP contribution in [0, 0.1) is 0 Å². The number of nitrogens with zero attached hydrogens (tertiary/aromatic N) is 1. The summed E-state index contributed by atoms with van der Waals surface area (Å²) in [4.78, 5) is 11.7. The van der Waals surface area contributed by atoms with Crippen LogP contribution < -0.4 is 14.9 Å². The summed E-state index contributed by atoms with van der Waals surface area (Å²) in [5.41, 5.74) is 3.57. The third kappa shape index (κ3) is 6.79. The second-order valence-electron chi connectivity index (χ2n) is 4.68. The standard InChI is InChI=1S/C16H24N2O3/c1-4-6-13(7-5-2)17-18-16(19)12-21-15-10-8-14(20-3)9-11-15/h8-11H,4-7,12H2,1-3H3,(H,18,19).